The summed E-state index contributed by atoms with van der Waals surface area (Å²) >= 11 is 24.5. The zero-order valence-electron chi connectivity index (χ0n) is 82.6. The number of carbonyl (C=O) groups excluding carboxylic acids is 5. The van der Waals surface area contributed by atoms with Crippen LogP contribution in [0.1, 0.15) is 209 Å². The number of esters is 5. The van der Waals surface area contributed by atoms with Gasteiger partial charge in [-0.3, -0.25) is 4.79 Å². The van der Waals surface area contributed by atoms with Crippen molar-refractivity contribution in [2.75, 3.05) is 27.4 Å². The third kappa shape index (κ3) is 30.0. The number of rotatable bonds is 24. The minimum absolute atomic E-state index is 0.0296. The van der Waals surface area contributed by atoms with E-state index in [1.165, 1.54) is 66.2 Å². The number of aliphatic hydroxyl groups is 11. The molecule has 0 aliphatic carbocycles. The molecule has 0 saturated carbocycles. The molecule has 6 heterocycles. The van der Waals surface area contributed by atoms with E-state index in [0.717, 1.165) is 0 Å². The molecule has 4 saturated heterocycles. The number of methoxy groups -OCH3 is 2. The maximum Gasteiger partial charge on any atom is 0.342 e. The Hall–Kier alpha value is -7.29. The zero-order chi connectivity index (χ0) is 104. The van der Waals surface area contributed by atoms with Crippen LogP contribution in [0, 0.1) is 17.8 Å². The second kappa shape index (κ2) is 53.0. The first-order valence-electron chi connectivity index (χ1n) is 46.5. The Bertz CT molecular complexity index is 4850. The van der Waals surface area contributed by atoms with Crippen LogP contribution in [0.3, 0.4) is 0 Å². The summed E-state index contributed by atoms with van der Waals surface area (Å²) in [6.07, 6.45) is -10.8. The van der Waals surface area contributed by atoms with Crippen LogP contribution in [0.25, 0.3) is 0 Å². The van der Waals surface area contributed by atoms with Gasteiger partial charge in [0, 0.05) is 38.9 Å². The Morgan fingerprint density at radius 3 is 1.19 bits per heavy atom. The maximum atomic E-state index is 13.9. The first-order valence-corrected chi connectivity index (χ1v) is 48.0. The van der Waals surface area contributed by atoms with Crippen LogP contribution >= 0.6 is 46.4 Å². The van der Waals surface area contributed by atoms with Gasteiger partial charge < -0.3 is 148 Å². The largest absolute Gasteiger partial charge is 0.505 e. The topological polar surface area (TPSA) is 527 Å². The lowest BCUT2D eigenvalue weighted by molar-refractivity contribution is -0.333. The van der Waals surface area contributed by atoms with Gasteiger partial charge in [-0.25, -0.2) is 19.2 Å². The van der Waals surface area contributed by atoms with Crippen molar-refractivity contribution in [2.24, 2.45) is 17.8 Å². The number of phenolic OH excluding ortho intramolecular Hbond substituents is 4. The second-order valence-corrected chi connectivity index (χ2v) is 38.7. The van der Waals surface area contributed by atoms with Crippen molar-refractivity contribution in [3.05, 3.63) is 160 Å². The second-order valence-electron chi connectivity index (χ2n) is 37.2. The number of phenols is 4. The van der Waals surface area contributed by atoms with E-state index in [2.05, 4.69) is 0 Å². The number of allylic oxidation sites excluding steroid dienone is 8. The van der Waals surface area contributed by atoms with Crippen LogP contribution in [0.15, 0.2) is 117 Å². The number of hydrogen-bond donors (Lipinski definition) is 15. The van der Waals surface area contributed by atoms with E-state index < -0.39 is 270 Å². The fourth-order valence-corrected chi connectivity index (χ4v) is 17.9. The number of cyclic esters (lactones) is 2. The molecule has 0 aromatic heterocycles. The van der Waals surface area contributed by atoms with Gasteiger partial charge in [0.15, 0.2) is 66.5 Å². The van der Waals surface area contributed by atoms with Gasteiger partial charge in [-0.1, -0.05) is 160 Å². The Kier molecular flexibility index (Phi) is 45.2. The molecule has 6 aliphatic heterocycles. The summed E-state index contributed by atoms with van der Waals surface area (Å²) < 4.78 is 89.0. The lowest BCUT2D eigenvalue weighted by Crippen LogP contribution is -2.64. The summed E-state index contributed by atoms with van der Waals surface area (Å²) in [6, 6.07) is 0. The number of halogens is 4. The van der Waals surface area contributed by atoms with Gasteiger partial charge >= 0.3 is 29.8 Å². The number of carbonyl (C=O) groups is 5. The van der Waals surface area contributed by atoms with Gasteiger partial charge in [-0.15, -0.1) is 0 Å². The van der Waals surface area contributed by atoms with Gasteiger partial charge in [0.25, 0.3) is 0 Å². The van der Waals surface area contributed by atoms with E-state index in [1.54, 1.807) is 93.5 Å². The first-order chi connectivity index (χ1) is 65.1. The average Bonchev–Trinajstić information content (AvgIpc) is 0.775. The summed E-state index contributed by atoms with van der Waals surface area (Å²) in [7, 11) is 2.53. The highest BCUT2D eigenvalue weighted by atomic mass is 35.5. The number of benzene rings is 2. The minimum Gasteiger partial charge on any atom is -0.505 e. The Morgan fingerprint density at radius 1 is 0.475 bits per heavy atom. The first kappa shape index (κ1) is 119. The van der Waals surface area contributed by atoms with E-state index in [0.29, 0.717) is 46.3 Å². The molecule has 2 aromatic rings. The molecule has 4 fully saturated rings. The fraction of sp³-hybridized carbons (Fsp3) is 0.630. The number of ether oxygens (including phenoxy) is 15. The standard InChI is InChI=1S/C52H74Cl2O18.C48H68Cl2O17/c1-13-30-22-26(6)33(56)18-16-15-17-31(23-66-51-45(65-12)42(61)44(29(9)67-51)69-49(64)35-32(14-2)36(53)39(58)37(54)38(35)57)48(63)68-34(28(8)55)20-19-25(5)21-27(7)43(30)70-50-41(60)40(59)46(52(10,11)72-50)71-47(62)24(3)4;1-11-27-20-23(4)30(52)16-14-13-15-28(21-62-47-42(61-10)39(57)41(26(7)63-47)65-45(60)32-29(12-2)33(49)36(54)34(50)35(32)53)44(59)64-31(25(6)51)18-17-22(3)19-24(5)40(27)66-46-38(56)37(55)43(58)48(8,9)67-46/h15-17,19,21-22,24,28-30,33-34,40-46,50-51,55-61H,13-14,18,20,23H2,1-12H3;13-15,17,19-20,25-27,30-31,37-43,46-47,51-58H,11-12,16,18,21H2,1-10H3/b16-15+,25-19+,26-22+,27-21+,31-17+;14-13+,22-17+,23-20+,24-19+,28-15+/t28-,29+,30+,33+,34?,40-,41+,42-,43?,44+,45-,46?,50-,51+;25-,26+,27+,30+,31?,37-,38+,39-,40?,41+,42-,43?,46-,47+/m11/s1. The number of aromatic hydroxyl groups is 4. The molecule has 6 aliphatic rings. The molecule has 0 bridgehead atoms. The molecular formula is C100H142Cl4O35. The van der Waals surface area contributed by atoms with Gasteiger partial charge in [0.1, 0.15) is 93.9 Å². The average molecular weight is 2050 g/mol. The SMILES string of the molecule is CCc1c(Cl)c(O)c(Cl)c(O)c1C(=O)O[C@@H]1[C@@H](O)[C@@H](OC)[C@@H](OC/C2=C\C=C\C[C@H](O)/C(C)=C/[C@H](CC)C(O[C@@H]3OC(C)(C)C(O)[C@H](O)[C@@H]3O)/C(C)=C/C(C)=C/CC([C@@H](C)O)OC2=O)O[C@H]1C.CCc1c(Cl)c(O)c(Cl)c(O)c1C(=O)O[C@@H]1[C@@H](O)[C@@H](OC)[C@@H](OC/C2=C\C=C\C[C@H](O)/C(C)=C/[C@H](CC)C(O[C@@H]3OC(C)(C)C(OC(=O)C(C)C)[C@H](O)[C@@H]3O)/C(C)=C/C(C)=C/CC([C@@H](C)O)OC2=O)O[C@H]1C. The summed E-state index contributed by atoms with van der Waals surface area (Å²) in [5.41, 5.74) is 0.718. The smallest absolute Gasteiger partial charge is 0.342 e. The Labute approximate surface area is 831 Å². The predicted octanol–water partition coefficient (Wildman–Crippen LogP) is 11.3. The number of aliphatic hydroxyl groups excluding tert-OH is 11. The molecule has 8 rings (SSSR count). The van der Waals surface area contributed by atoms with Gasteiger partial charge in [-0.2, -0.15) is 0 Å². The van der Waals surface area contributed by atoms with E-state index in [1.807, 2.05) is 65.8 Å². The Balaban J connectivity index is 0.000000379. The molecule has 6 unspecified atom stereocenters. The van der Waals surface area contributed by atoms with Crippen molar-refractivity contribution in [1.82, 2.24) is 0 Å². The van der Waals surface area contributed by atoms with Crippen LogP contribution in [0.4, 0.5) is 0 Å². The van der Waals surface area contributed by atoms with Crippen molar-refractivity contribution in [3.8, 4) is 23.0 Å². The third-order valence-electron chi connectivity index (χ3n) is 25.3. The third-order valence-corrected chi connectivity index (χ3v) is 26.8. The monoisotopic (exact) mass is 2040 g/mol. The summed E-state index contributed by atoms with van der Waals surface area (Å²) in [5, 5.41) is 162. The lowest BCUT2D eigenvalue weighted by atomic mass is 9.88. The Morgan fingerprint density at radius 2 is 0.842 bits per heavy atom. The normalized spacial score (nSPS) is 35.7. The van der Waals surface area contributed by atoms with Gasteiger partial charge in [0.2, 0.25) is 0 Å². The van der Waals surface area contributed by atoms with Gasteiger partial charge in [0.05, 0.1) is 94.8 Å². The van der Waals surface area contributed by atoms with Crippen molar-refractivity contribution in [1.29, 1.82) is 0 Å². The minimum atomic E-state index is -1.61. The molecule has 28 atom stereocenters. The van der Waals surface area contributed by atoms with E-state index >= 15 is 0 Å². The lowest BCUT2D eigenvalue weighted by Gasteiger charge is -2.47. The van der Waals surface area contributed by atoms with Crippen molar-refractivity contribution < 1.29 is 172 Å². The highest BCUT2D eigenvalue weighted by Crippen LogP contribution is 2.48. The fourth-order valence-electron chi connectivity index (χ4n) is 16.7. The van der Waals surface area contributed by atoms with Crippen LogP contribution < -0.4 is 0 Å². The molecule has 0 radical (unpaired) electrons. The zero-order valence-corrected chi connectivity index (χ0v) is 85.7. The molecule has 0 amide bonds. The van der Waals surface area contributed by atoms with Gasteiger partial charge in [-0.05, 0) is 181 Å². The van der Waals surface area contributed by atoms with E-state index in [4.69, 9.17) is 117 Å². The van der Waals surface area contributed by atoms with Crippen molar-refractivity contribution in [3.63, 3.8) is 0 Å². The summed E-state index contributed by atoms with van der Waals surface area (Å²) in [6.45, 7) is 32.7. The highest BCUT2D eigenvalue weighted by molar-refractivity contribution is 6.40. The van der Waals surface area contributed by atoms with Crippen molar-refractivity contribution >= 4 is 76.3 Å². The van der Waals surface area contributed by atoms with Crippen LogP contribution in [-0.4, -0.2) is 305 Å². The summed E-state index contributed by atoms with van der Waals surface area (Å²) in [5.74, 6) is -8.47. The van der Waals surface area contributed by atoms with Crippen LogP contribution in [0.2, 0.25) is 20.1 Å². The van der Waals surface area contributed by atoms with Crippen LogP contribution in [-0.2, 0) is 98.3 Å². The molecule has 15 N–H and O–H groups in total. The molecular weight excluding hydrogens is 1900 g/mol. The molecule has 35 nitrogen and oxygen atoms in total. The number of hydrogen-bond acceptors (Lipinski definition) is 35. The van der Waals surface area contributed by atoms with Crippen LogP contribution in [0.5, 0.6) is 23.0 Å². The van der Waals surface area contributed by atoms with E-state index in [-0.39, 0.29) is 76.8 Å². The van der Waals surface area contributed by atoms with E-state index in [9.17, 15) is 101 Å². The maximum absolute atomic E-state index is 13.9. The molecule has 2 aromatic carbocycles. The predicted molar refractivity (Wildman–Crippen MR) is 511 cm³/mol. The molecule has 39 heteroatoms. The summed E-state index contributed by atoms with van der Waals surface area (Å²) in [4.78, 5) is 67.3. The highest BCUT2D eigenvalue weighted by Gasteiger charge is 2.55. The van der Waals surface area contributed by atoms with Crippen molar-refractivity contribution in [2.45, 2.75) is 360 Å². The molecule has 0 spiro atoms. The molecule has 139 heavy (non-hydrogen) atoms. The molecule has 780 valence electrons. The quantitative estimate of drug-likeness (QED) is 0.0264.